The van der Waals surface area contributed by atoms with Crippen LogP contribution in [-0.4, -0.2) is 10.8 Å². The van der Waals surface area contributed by atoms with E-state index < -0.39 is 0 Å². The first-order valence-electron chi connectivity index (χ1n) is 6.57. The summed E-state index contributed by atoms with van der Waals surface area (Å²) >= 11 is 0. The average molecular weight is 263 g/mol. The Morgan fingerprint density at radius 2 is 1.95 bits per heavy atom. The molecular weight excluding hydrogens is 246 g/mol. The van der Waals surface area contributed by atoms with Gasteiger partial charge in [0.25, 0.3) is 0 Å². The molecule has 0 amide bonds. The summed E-state index contributed by atoms with van der Waals surface area (Å²) in [6.07, 6.45) is 8.53. The maximum Gasteiger partial charge on any atom is 0.164 e. The Hall–Kier alpha value is -2.48. The zero-order valence-corrected chi connectivity index (χ0v) is 11.5. The van der Waals surface area contributed by atoms with E-state index in [2.05, 4.69) is 11.6 Å². The number of carbonyl (C=O) groups is 1. The van der Waals surface area contributed by atoms with E-state index in [1.54, 1.807) is 30.4 Å². The van der Waals surface area contributed by atoms with Crippen LogP contribution in [0, 0.1) is 0 Å². The van der Waals surface area contributed by atoms with Gasteiger partial charge in [-0.15, -0.1) is 0 Å². The molecular formula is C18H17NO. The molecule has 0 aliphatic heterocycles. The van der Waals surface area contributed by atoms with Gasteiger partial charge in [0.1, 0.15) is 0 Å². The van der Waals surface area contributed by atoms with Gasteiger partial charge in [0.15, 0.2) is 5.78 Å². The smallest absolute Gasteiger partial charge is 0.164 e. The summed E-state index contributed by atoms with van der Waals surface area (Å²) in [6, 6.07) is 11.8. The molecule has 0 saturated heterocycles. The van der Waals surface area contributed by atoms with Crippen molar-refractivity contribution in [3.05, 3.63) is 79.1 Å². The molecule has 2 aromatic rings. The molecule has 20 heavy (non-hydrogen) atoms. The van der Waals surface area contributed by atoms with Crippen molar-refractivity contribution >= 4 is 16.7 Å². The third-order valence-electron chi connectivity index (χ3n) is 3.11. The van der Waals surface area contributed by atoms with Gasteiger partial charge in [-0.1, -0.05) is 55.1 Å². The molecule has 0 bridgehead atoms. The highest BCUT2D eigenvalue weighted by molar-refractivity contribution is 5.95. The van der Waals surface area contributed by atoms with E-state index in [0.717, 1.165) is 16.6 Å². The van der Waals surface area contributed by atoms with Gasteiger partial charge in [0.2, 0.25) is 0 Å². The predicted octanol–water partition coefficient (Wildman–Crippen LogP) is 4.21. The number of pyridine rings is 1. The SMILES string of the molecule is C=C/C=C\C=C\C(=O)C(C)c1ccc2ccccc2n1. The number of nitrogens with zero attached hydrogens (tertiary/aromatic N) is 1. The number of ketones is 1. The van der Waals surface area contributed by atoms with Crippen LogP contribution >= 0.6 is 0 Å². The third-order valence-corrected chi connectivity index (χ3v) is 3.11. The van der Waals surface area contributed by atoms with Crippen LogP contribution in [0.4, 0.5) is 0 Å². The lowest BCUT2D eigenvalue weighted by molar-refractivity contribution is -0.115. The minimum Gasteiger partial charge on any atom is -0.294 e. The van der Waals surface area contributed by atoms with Crippen LogP contribution in [0.25, 0.3) is 10.9 Å². The predicted molar refractivity (Wildman–Crippen MR) is 83.6 cm³/mol. The van der Waals surface area contributed by atoms with Crippen molar-refractivity contribution in [3.63, 3.8) is 0 Å². The monoisotopic (exact) mass is 263 g/mol. The summed E-state index contributed by atoms with van der Waals surface area (Å²) in [5.41, 5.74) is 1.71. The van der Waals surface area contributed by atoms with Crippen molar-refractivity contribution in [2.75, 3.05) is 0 Å². The molecule has 1 atom stereocenters. The lowest BCUT2D eigenvalue weighted by Crippen LogP contribution is -2.07. The lowest BCUT2D eigenvalue weighted by atomic mass is 10.0. The normalized spacial score (nSPS) is 13.1. The molecule has 1 aromatic heterocycles. The van der Waals surface area contributed by atoms with Crippen molar-refractivity contribution in [2.24, 2.45) is 0 Å². The number of allylic oxidation sites excluding steroid dienone is 5. The van der Waals surface area contributed by atoms with Crippen LogP contribution < -0.4 is 0 Å². The molecule has 0 aliphatic carbocycles. The second-order valence-electron chi connectivity index (χ2n) is 4.53. The van der Waals surface area contributed by atoms with Gasteiger partial charge in [-0.05, 0) is 25.1 Å². The van der Waals surface area contributed by atoms with Crippen LogP contribution in [0.1, 0.15) is 18.5 Å². The van der Waals surface area contributed by atoms with Crippen molar-refractivity contribution in [2.45, 2.75) is 12.8 Å². The summed E-state index contributed by atoms with van der Waals surface area (Å²) in [5, 5.41) is 1.08. The molecule has 2 rings (SSSR count). The molecule has 0 fully saturated rings. The minimum absolute atomic E-state index is 0.0430. The second-order valence-corrected chi connectivity index (χ2v) is 4.53. The number of benzene rings is 1. The van der Waals surface area contributed by atoms with Gasteiger partial charge in [-0.25, -0.2) is 0 Å². The molecule has 0 aliphatic rings. The molecule has 0 N–H and O–H groups in total. The van der Waals surface area contributed by atoms with Crippen LogP contribution in [0.15, 0.2) is 73.4 Å². The molecule has 2 heteroatoms. The zero-order chi connectivity index (χ0) is 14.4. The van der Waals surface area contributed by atoms with E-state index in [1.165, 1.54) is 0 Å². The van der Waals surface area contributed by atoms with E-state index in [-0.39, 0.29) is 11.7 Å². The molecule has 0 radical (unpaired) electrons. The molecule has 1 unspecified atom stereocenters. The first kappa shape index (κ1) is 13.9. The summed E-state index contributed by atoms with van der Waals surface area (Å²) in [6.45, 7) is 5.45. The molecule has 2 nitrogen and oxygen atoms in total. The topological polar surface area (TPSA) is 30.0 Å². The Morgan fingerprint density at radius 1 is 1.15 bits per heavy atom. The van der Waals surface area contributed by atoms with Gasteiger partial charge in [0, 0.05) is 5.39 Å². The number of para-hydroxylation sites is 1. The lowest BCUT2D eigenvalue weighted by Gasteiger charge is -2.08. The average Bonchev–Trinajstić information content (AvgIpc) is 2.50. The largest absolute Gasteiger partial charge is 0.294 e. The number of aromatic nitrogens is 1. The van der Waals surface area contributed by atoms with Gasteiger partial charge >= 0.3 is 0 Å². The summed E-state index contributed by atoms with van der Waals surface area (Å²) in [7, 11) is 0. The maximum atomic E-state index is 12.1. The standard InChI is InChI=1S/C18H17NO/c1-3-4-5-6-11-18(20)14(2)16-13-12-15-9-7-8-10-17(15)19-16/h3-14H,1H2,2H3/b5-4-,11-6+. The number of hydrogen-bond acceptors (Lipinski definition) is 2. The highest BCUT2D eigenvalue weighted by atomic mass is 16.1. The van der Waals surface area contributed by atoms with E-state index in [1.807, 2.05) is 43.3 Å². The summed E-state index contributed by atoms with van der Waals surface area (Å²) in [5.74, 6) is -0.200. The van der Waals surface area contributed by atoms with Gasteiger partial charge in [-0.2, -0.15) is 0 Å². The Labute approximate surface area is 119 Å². The first-order valence-corrected chi connectivity index (χ1v) is 6.57. The molecule has 0 spiro atoms. The van der Waals surface area contributed by atoms with Crippen LogP contribution in [0.5, 0.6) is 0 Å². The van der Waals surface area contributed by atoms with Gasteiger partial charge < -0.3 is 0 Å². The van der Waals surface area contributed by atoms with Gasteiger partial charge in [-0.3, -0.25) is 9.78 Å². The zero-order valence-electron chi connectivity index (χ0n) is 11.5. The van der Waals surface area contributed by atoms with E-state index >= 15 is 0 Å². The fraction of sp³-hybridized carbons (Fsp3) is 0.111. The van der Waals surface area contributed by atoms with E-state index in [9.17, 15) is 4.79 Å². The van der Waals surface area contributed by atoms with Crippen LogP contribution in [0.3, 0.4) is 0 Å². The molecule has 100 valence electrons. The quantitative estimate of drug-likeness (QED) is 0.597. The fourth-order valence-electron chi connectivity index (χ4n) is 1.91. The number of fused-ring (bicyclic) bond motifs is 1. The molecule has 1 heterocycles. The maximum absolute atomic E-state index is 12.1. The Kier molecular flexibility index (Phi) is 4.61. The minimum atomic E-state index is -0.243. The van der Waals surface area contributed by atoms with E-state index in [0.29, 0.717) is 0 Å². The highest BCUT2D eigenvalue weighted by Gasteiger charge is 2.13. The van der Waals surface area contributed by atoms with Crippen molar-refractivity contribution < 1.29 is 4.79 Å². The van der Waals surface area contributed by atoms with Crippen molar-refractivity contribution in [1.82, 2.24) is 4.98 Å². The molecule has 1 aromatic carbocycles. The fourth-order valence-corrected chi connectivity index (χ4v) is 1.91. The Balaban J connectivity index is 2.20. The van der Waals surface area contributed by atoms with E-state index in [4.69, 9.17) is 0 Å². The number of rotatable bonds is 5. The summed E-state index contributed by atoms with van der Waals surface area (Å²) in [4.78, 5) is 16.6. The van der Waals surface area contributed by atoms with Crippen molar-refractivity contribution in [1.29, 1.82) is 0 Å². The third kappa shape index (κ3) is 3.29. The summed E-state index contributed by atoms with van der Waals surface area (Å²) < 4.78 is 0. The number of hydrogen-bond donors (Lipinski definition) is 0. The Morgan fingerprint density at radius 3 is 2.75 bits per heavy atom. The first-order chi connectivity index (χ1) is 9.72. The number of carbonyl (C=O) groups excluding carboxylic acids is 1. The van der Waals surface area contributed by atoms with Crippen molar-refractivity contribution in [3.8, 4) is 0 Å². The molecule has 0 saturated carbocycles. The van der Waals surface area contributed by atoms with Gasteiger partial charge in [0.05, 0.1) is 17.1 Å². The Bertz CT molecular complexity index is 683. The second kappa shape index (κ2) is 6.62. The van der Waals surface area contributed by atoms with Crippen LogP contribution in [0.2, 0.25) is 0 Å². The highest BCUT2D eigenvalue weighted by Crippen LogP contribution is 2.19. The van der Waals surface area contributed by atoms with Crippen LogP contribution in [-0.2, 0) is 4.79 Å².